The van der Waals surface area contributed by atoms with Crippen LogP contribution in [0.15, 0.2) is 18.2 Å². The predicted octanol–water partition coefficient (Wildman–Crippen LogP) is 3.88. The summed E-state index contributed by atoms with van der Waals surface area (Å²) in [5.74, 6) is 0. The van der Waals surface area contributed by atoms with Gasteiger partial charge in [0.1, 0.15) is 0 Å². The molecule has 0 aliphatic carbocycles. The van der Waals surface area contributed by atoms with Crippen LogP contribution in [0, 0.1) is 21.8 Å². The maximum Gasteiger partial charge on any atom is 0.0698 e. The number of halogens is 1. The summed E-state index contributed by atoms with van der Waals surface area (Å²) in [5.41, 5.74) is 1.27. The second-order valence-corrected chi connectivity index (χ2v) is 5.51. The molecule has 0 N–H and O–H groups in total. The number of fused-ring (bicyclic) bond motifs is 1. The van der Waals surface area contributed by atoms with Gasteiger partial charge in [0.2, 0.25) is 0 Å². The lowest BCUT2D eigenvalue weighted by Gasteiger charge is -1.93. The highest BCUT2D eigenvalue weighted by Crippen LogP contribution is 2.31. The fourth-order valence-electron chi connectivity index (χ4n) is 1.48. The molecule has 0 aliphatic rings. The number of hydrogen-bond donors (Lipinski definition) is 0. The zero-order valence-corrected chi connectivity index (χ0v) is 10.6. The van der Waals surface area contributed by atoms with E-state index in [0.29, 0.717) is 6.42 Å². The van der Waals surface area contributed by atoms with Crippen LogP contribution in [0.25, 0.3) is 10.1 Å². The Balaban J connectivity index is 2.69. The Morgan fingerprint density at radius 1 is 1.50 bits per heavy atom. The van der Waals surface area contributed by atoms with E-state index >= 15 is 0 Å². The Labute approximate surface area is 101 Å². The fourth-order valence-corrected chi connectivity index (χ4v) is 3.10. The van der Waals surface area contributed by atoms with E-state index in [2.05, 4.69) is 53.8 Å². The lowest BCUT2D eigenvalue weighted by atomic mass is 10.1. The van der Waals surface area contributed by atoms with Crippen molar-refractivity contribution in [2.45, 2.75) is 13.3 Å². The summed E-state index contributed by atoms with van der Waals surface area (Å²) in [6, 6.07) is 8.63. The van der Waals surface area contributed by atoms with Crippen molar-refractivity contribution in [3.63, 3.8) is 0 Å². The van der Waals surface area contributed by atoms with Gasteiger partial charge in [-0.3, -0.25) is 0 Å². The van der Waals surface area contributed by atoms with Crippen molar-refractivity contribution in [1.82, 2.24) is 0 Å². The van der Waals surface area contributed by atoms with E-state index in [4.69, 9.17) is 5.26 Å². The van der Waals surface area contributed by atoms with Crippen LogP contribution in [0.1, 0.15) is 10.4 Å². The molecule has 0 amide bonds. The van der Waals surface area contributed by atoms with Crippen molar-refractivity contribution in [1.29, 1.82) is 5.26 Å². The third-order valence-electron chi connectivity index (χ3n) is 2.24. The second kappa shape index (κ2) is 3.87. The first-order chi connectivity index (χ1) is 6.72. The predicted molar refractivity (Wildman–Crippen MR) is 68.6 cm³/mol. The first kappa shape index (κ1) is 9.94. The normalized spacial score (nSPS) is 10.4. The van der Waals surface area contributed by atoms with E-state index in [9.17, 15) is 0 Å². The van der Waals surface area contributed by atoms with Gasteiger partial charge < -0.3 is 0 Å². The van der Waals surface area contributed by atoms with E-state index in [1.165, 1.54) is 24.1 Å². The fraction of sp³-hybridized carbons (Fsp3) is 0.182. The third kappa shape index (κ3) is 1.64. The largest absolute Gasteiger partial charge is 0.198 e. The SMILES string of the molecule is Cc1c(CC#N)sc2ccc(I)cc12. The van der Waals surface area contributed by atoms with Crippen molar-refractivity contribution in [3.05, 3.63) is 32.2 Å². The molecule has 0 spiro atoms. The Morgan fingerprint density at radius 2 is 2.29 bits per heavy atom. The van der Waals surface area contributed by atoms with Crippen molar-refractivity contribution in [2.24, 2.45) is 0 Å². The summed E-state index contributed by atoms with van der Waals surface area (Å²) in [6.07, 6.45) is 0.530. The smallest absolute Gasteiger partial charge is 0.0698 e. The highest BCUT2D eigenvalue weighted by Gasteiger charge is 2.07. The first-order valence-corrected chi connectivity index (χ1v) is 6.16. The molecular formula is C11H8INS. The molecule has 2 rings (SSSR count). The number of benzene rings is 1. The first-order valence-electron chi connectivity index (χ1n) is 4.27. The molecule has 14 heavy (non-hydrogen) atoms. The van der Waals surface area contributed by atoms with E-state index in [1.54, 1.807) is 11.3 Å². The Hall–Kier alpha value is -0.600. The number of rotatable bonds is 1. The molecule has 1 heterocycles. The van der Waals surface area contributed by atoms with Gasteiger partial charge in [-0.1, -0.05) is 0 Å². The molecule has 3 heteroatoms. The lowest BCUT2D eigenvalue weighted by molar-refractivity contribution is 1.28. The molecule has 2 aromatic rings. The van der Waals surface area contributed by atoms with Crippen LogP contribution in [0.3, 0.4) is 0 Å². The highest BCUT2D eigenvalue weighted by molar-refractivity contribution is 14.1. The van der Waals surface area contributed by atoms with Crippen LogP contribution < -0.4 is 0 Å². The minimum absolute atomic E-state index is 0.530. The molecule has 0 atom stereocenters. The van der Waals surface area contributed by atoms with Gasteiger partial charge in [0.25, 0.3) is 0 Å². The van der Waals surface area contributed by atoms with Crippen molar-refractivity contribution in [2.75, 3.05) is 0 Å². The van der Waals surface area contributed by atoms with Gasteiger partial charge in [0, 0.05) is 13.1 Å². The van der Waals surface area contributed by atoms with Gasteiger partial charge in [-0.25, -0.2) is 0 Å². The van der Waals surface area contributed by atoms with E-state index in [1.807, 2.05) is 0 Å². The zero-order valence-electron chi connectivity index (χ0n) is 7.67. The Bertz CT molecular complexity index is 522. The molecule has 70 valence electrons. The van der Waals surface area contributed by atoms with Gasteiger partial charge in [-0.05, 0) is 58.7 Å². The summed E-state index contributed by atoms with van der Waals surface area (Å²) in [6.45, 7) is 2.10. The van der Waals surface area contributed by atoms with Gasteiger partial charge >= 0.3 is 0 Å². The van der Waals surface area contributed by atoms with Crippen LogP contribution in [-0.2, 0) is 6.42 Å². The van der Waals surface area contributed by atoms with Crippen LogP contribution >= 0.6 is 33.9 Å². The lowest BCUT2D eigenvalue weighted by Crippen LogP contribution is -1.78. The van der Waals surface area contributed by atoms with Crippen LogP contribution in [0.5, 0.6) is 0 Å². The molecular weight excluding hydrogens is 305 g/mol. The summed E-state index contributed by atoms with van der Waals surface area (Å²) in [7, 11) is 0. The van der Waals surface area contributed by atoms with E-state index in [-0.39, 0.29) is 0 Å². The molecule has 0 unspecified atom stereocenters. The number of nitriles is 1. The molecule has 0 fully saturated rings. The minimum Gasteiger partial charge on any atom is -0.198 e. The van der Waals surface area contributed by atoms with Crippen LogP contribution in [0.4, 0.5) is 0 Å². The minimum atomic E-state index is 0.530. The Kier molecular flexibility index (Phi) is 2.75. The second-order valence-electron chi connectivity index (χ2n) is 3.13. The van der Waals surface area contributed by atoms with E-state index < -0.39 is 0 Å². The summed E-state index contributed by atoms with van der Waals surface area (Å²) in [5, 5.41) is 9.98. The quantitative estimate of drug-likeness (QED) is 0.733. The molecule has 0 saturated carbocycles. The summed E-state index contributed by atoms with van der Waals surface area (Å²) >= 11 is 4.05. The number of hydrogen-bond acceptors (Lipinski definition) is 2. The van der Waals surface area contributed by atoms with Crippen molar-refractivity contribution in [3.8, 4) is 6.07 Å². The topological polar surface area (TPSA) is 23.8 Å². The molecule has 1 aromatic carbocycles. The van der Waals surface area contributed by atoms with Crippen LogP contribution in [0.2, 0.25) is 0 Å². The molecule has 0 radical (unpaired) electrons. The average molecular weight is 313 g/mol. The summed E-state index contributed by atoms with van der Waals surface area (Å²) in [4.78, 5) is 1.20. The van der Waals surface area contributed by atoms with Gasteiger partial charge in [0.05, 0.1) is 12.5 Å². The standard InChI is InChI=1S/C11H8INS/c1-7-9-6-8(12)2-3-11(9)14-10(7)4-5-13/h2-3,6H,4H2,1H3. The average Bonchev–Trinajstić information content (AvgIpc) is 2.46. The number of thiophene rings is 1. The van der Waals surface area contributed by atoms with Gasteiger partial charge in [-0.2, -0.15) is 5.26 Å². The van der Waals surface area contributed by atoms with Crippen molar-refractivity contribution < 1.29 is 0 Å². The maximum absolute atomic E-state index is 8.68. The van der Waals surface area contributed by atoms with Crippen molar-refractivity contribution >= 4 is 44.0 Å². The van der Waals surface area contributed by atoms with Gasteiger partial charge in [0.15, 0.2) is 0 Å². The number of aryl methyl sites for hydroxylation is 1. The third-order valence-corrected chi connectivity index (χ3v) is 4.18. The highest BCUT2D eigenvalue weighted by atomic mass is 127. The molecule has 1 aromatic heterocycles. The number of nitrogens with zero attached hydrogens (tertiary/aromatic N) is 1. The Morgan fingerprint density at radius 3 is 3.00 bits per heavy atom. The monoisotopic (exact) mass is 313 g/mol. The van der Waals surface area contributed by atoms with Gasteiger partial charge in [-0.15, -0.1) is 11.3 Å². The maximum atomic E-state index is 8.68. The zero-order chi connectivity index (χ0) is 10.1. The molecule has 1 nitrogen and oxygen atoms in total. The molecule has 0 bridgehead atoms. The molecule has 0 saturated heterocycles. The van der Waals surface area contributed by atoms with Crippen LogP contribution in [-0.4, -0.2) is 0 Å². The molecule has 0 aliphatic heterocycles. The summed E-state index contributed by atoms with van der Waals surface area (Å²) < 4.78 is 2.53. The van der Waals surface area contributed by atoms with E-state index in [0.717, 1.165) is 0 Å².